The molecule has 186 valence electrons. The van der Waals surface area contributed by atoms with Crippen LogP contribution in [0.3, 0.4) is 0 Å². The molecule has 0 aromatic carbocycles. The lowest BCUT2D eigenvalue weighted by Crippen LogP contribution is -2.46. The van der Waals surface area contributed by atoms with Crippen LogP contribution in [0.1, 0.15) is 45.3 Å². The number of ether oxygens (including phenoxy) is 2. The highest BCUT2D eigenvalue weighted by atomic mass is 32.2. The Bertz CT molecular complexity index is 1010. The Morgan fingerprint density at radius 1 is 1.38 bits per heavy atom. The summed E-state index contributed by atoms with van der Waals surface area (Å²) in [6.45, 7) is 6.28. The lowest BCUT2D eigenvalue weighted by Gasteiger charge is -2.37. The first-order chi connectivity index (χ1) is 16.5. The van der Waals surface area contributed by atoms with Gasteiger partial charge in [0.05, 0.1) is 30.0 Å². The third-order valence-corrected chi connectivity index (χ3v) is 7.19. The van der Waals surface area contributed by atoms with E-state index in [1.54, 1.807) is 10.9 Å². The van der Waals surface area contributed by atoms with E-state index in [1.165, 1.54) is 0 Å². The summed E-state index contributed by atoms with van der Waals surface area (Å²) in [4.78, 5) is 8.65. The number of H-pyrrole nitrogens is 1. The maximum absolute atomic E-state index is 11.0. The maximum Gasteiger partial charge on any atom is 0.243 e. The van der Waals surface area contributed by atoms with E-state index in [0.717, 1.165) is 24.9 Å². The second-order valence-corrected chi connectivity index (χ2v) is 10.1. The molecule has 0 spiro atoms. The minimum atomic E-state index is -2.06. The molecule has 2 N–H and O–H groups in total. The van der Waals surface area contributed by atoms with Crippen LogP contribution in [0.25, 0.3) is 6.08 Å². The van der Waals surface area contributed by atoms with Crippen molar-refractivity contribution in [1.29, 1.82) is 0 Å². The number of nitrogens with one attached hydrogen (secondary N) is 2. The summed E-state index contributed by atoms with van der Waals surface area (Å²) in [6, 6.07) is 0.158. The highest BCUT2D eigenvalue weighted by molar-refractivity contribution is 7.79. The molecule has 3 aliphatic rings. The Hall–Kier alpha value is -2.32. The molecular weight excluding hydrogens is 460 g/mol. The third kappa shape index (κ3) is 5.18. The molecule has 34 heavy (non-hydrogen) atoms. The SMILES string of the molecule is CC1CC(OC2N(c3cn[nH]c3)C=Cc3nc(N[C@H]4CCN(CS(=O)[O-])C[C@H]4C)nn32)CCO1. The van der Waals surface area contributed by atoms with Crippen molar-refractivity contribution in [1.82, 2.24) is 29.9 Å². The van der Waals surface area contributed by atoms with Gasteiger partial charge in [-0.05, 0) is 49.3 Å². The van der Waals surface area contributed by atoms with Gasteiger partial charge in [-0.25, -0.2) is 0 Å². The van der Waals surface area contributed by atoms with E-state index in [-0.39, 0.29) is 30.0 Å². The van der Waals surface area contributed by atoms with Crippen molar-refractivity contribution in [3.8, 4) is 0 Å². The predicted octanol–water partition coefficient (Wildman–Crippen LogP) is 1.49. The molecule has 6 atom stereocenters. The van der Waals surface area contributed by atoms with E-state index in [0.29, 0.717) is 31.5 Å². The van der Waals surface area contributed by atoms with Gasteiger partial charge in [0, 0.05) is 38.1 Å². The number of nitrogens with zero attached hydrogens (tertiary/aromatic N) is 6. The number of aromatic amines is 1. The van der Waals surface area contributed by atoms with Crippen molar-refractivity contribution in [2.24, 2.45) is 5.92 Å². The standard InChI is InChI=1S/C21H32N8O4S/c1-14-12-27(13-34(30)31)6-3-18(14)24-20-25-19-4-7-28(16-10-22-23-11-16)21(29(19)26-20)33-17-5-8-32-15(2)9-17/h4,7,10-11,14-15,17-18,21H,3,5-6,8-9,12-13H2,1-2H3,(H,22,23)(H,24,26)(H,30,31)/p-1/t14-,15?,17?,18+,21?/m1/s1. The molecule has 2 aromatic rings. The van der Waals surface area contributed by atoms with Crippen LogP contribution in [0.15, 0.2) is 18.6 Å². The second-order valence-electron chi connectivity index (χ2n) is 9.23. The molecular formula is C21H31N8O4S-. The van der Waals surface area contributed by atoms with E-state index >= 15 is 0 Å². The summed E-state index contributed by atoms with van der Waals surface area (Å²) in [5.74, 6) is 1.58. The van der Waals surface area contributed by atoms with Crippen molar-refractivity contribution in [3.63, 3.8) is 0 Å². The molecule has 0 aliphatic carbocycles. The number of hydrogen-bond donors (Lipinski definition) is 2. The molecule has 0 amide bonds. The molecule has 0 saturated carbocycles. The number of anilines is 2. The van der Waals surface area contributed by atoms with Gasteiger partial charge in [0.1, 0.15) is 0 Å². The van der Waals surface area contributed by atoms with Gasteiger partial charge in [-0.1, -0.05) is 6.92 Å². The number of hydrogen-bond acceptors (Lipinski definition) is 10. The van der Waals surface area contributed by atoms with Gasteiger partial charge in [-0.15, -0.1) is 5.10 Å². The molecule has 13 heteroatoms. The fourth-order valence-electron chi connectivity index (χ4n) is 4.86. The molecule has 4 unspecified atom stereocenters. The lowest BCUT2D eigenvalue weighted by atomic mass is 9.94. The Balaban J connectivity index is 1.33. The monoisotopic (exact) mass is 491 g/mol. The van der Waals surface area contributed by atoms with Crippen LogP contribution in [0.4, 0.5) is 11.6 Å². The number of piperidine rings is 1. The highest BCUT2D eigenvalue weighted by Gasteiger charge is 2.33. The van der Waals surface area contributed by atoms with Crippen molar-refractivity contribution in [2.45, 2.75) is 57.7 Å². The smallest absolute Gasteiger partial charge is 0.243 e. The van der Waals surface area contributed by atoms with Crippen LogP contribution in [-0.2, 0) is 20.6 Å². The summed E-state index contributed by atoms with van der Waals surface area (Å²) in [7, 11) is 0. The van der Waals surface area contributed by atoms with Gasteiger partial charge in [-0.2, -0.15) is 14.8 Å². The van der Waals surface area contributed by atoms with Crippen LogP contribution >= 0.6 is 0 Å². The van der Waals surface area contributed by atoms with Crippen molar-refractivity contribution < 1.29 is 18.2 Å². The van der Waals surface area contributed by atoms with E-state index < -0.39 is 17.4 Å². The Morgan fingerprint density at radius 3 is 3.00 bits per heavy atom. The number of fused-ring (bicyclic) bond motifs is 1. The second kappa shape index (κ2) is 10.1. The van der Waals surface area contributed by atoms with Crippen LogP contribution in [0.5, 0.6) is 0 Å². The number of aromatic nitrogens is 5. The molecule has 3 aliphatic heterocycles. The Kier molecular flexibility index (Phi) is 6.97. The van der Waals surface area contributed by atoms with Crippen LogP contribution in [0.2, 0.25) is 0 Å². The van der Waals surface area contributed by atoms with Crippen LogP contribution in [0, 0.1) is 5.92 Å². The minimum Gasteiger partial charge on any atom is -0.771 e. The molecule has 0 radical (unpaired) electrons. The topological polar surface area (TPSA) is 136 Å². The summed E-state index contributed by atoms with van der Waals surface area (Å²) in [5, 5.41) is 15.2. The van der Waals surface area contributed by atoms with Crippen molar-refractivity contribution >= 4 is 28.8 Å². The average molecular weight is 492 g/mol. The van der Waals surface area contributed by atoms with Gasteiger partial charge < -0.3 is 19.3 Å². The first-order valence-corrected chi connectivity index (χ1v) is 12.9. The number of rotatable bonds is 7. The van der Waals surface area contributed by atoms with Gasteiger partial charge in [-0.3, -0.25) is 19.1 Å². The fourth-order valence-corrected chi connectivity index (χ4v) is 5.40. The molecule has 2 saturated heterocycles. The highest BCUT2D eigenvalue weighted by Crippen LogP contribution is 2.32. The first-order valence-electron chi connectivity index (χ1n) is 11.7. The summed E-state index contributed by atoms with van der Waals surface area (Å²) >= 11 is -2.06. The molecule has 5 heterocycles. The zero-order valence-electron chi connectivity index (χ0n) is 19.4. The molecule has 2 fully saturated rings. The zero-order valence-corrected chi connectivity index (χ0v) is 20.2. The van der Waals surface area contributed by atoms with E-state index in [2.05, 4.69) is 29.4 Å². The maximum atomic E-state index is 11.0. The quantitative estimate of drug-likeness (QED) is 0.548. The van der Waals surface area contributed by atoms with Gasteiger partial charge >= 0.3 is 0 Å². The van der Waals surface area contributed by atoms with Gasteiger partial charge in [0.15, 0.2) is 5.82 Å². The fraction of sp³-hybridized carbons (Fsp3) is 0.667. The normalized spacial score (nSPS) is 30.8. The largest absolute Gasteiger partial charge is 0.771 e. The average Bonchev–Trinajstić information content (AvgIpc) is 3.45. The van der Waals surface area contributed by atoms with Crippen LogP contribution < -0.4 is 10.2 Å². The lowest BCUT2D eigenvalue weighted by molar-refractivity contribution is -0.117. The van der Waals surface area contributed by atoms with Gasteiger partial charge in [0.25, 0.3) is 0 Å². The third-order valence-electron chi connectivity index (χ3n) is 6.61. The zero-order chi connectivity index (χ0) is 23.7. The summed E-state index contributed by atoms with van der Waals surface area (Å²) in [5.41, 5.74) is 0.869. The van der Waals surface area contributed by atoms with Gasteiger partial charge in [0.2, 0.25) is 12.3 Å². The van der Waals surface area contributed by atoms with E-state index in [1.807, 2.05) is 28.3 Å². The summed E-state index contributed by atoms with van der Waals surface area (Å²) < 4.78 is 36.1. The predicted molar refractivity (Wildman–Crippen MR) is 125 cm³/mol. The minimum absolute atomic E-state index is 0.0408. The Labute approximate surface area is 201 Å². The Morgan fingerprint density at radius 2 is 2.26 bits per heavy atom. The van der Waals surface area contributed by atoms with E-state index in [4.69, 9.17) is 19.6 Å². The first kappa shape index (κ1) is 23.4. The van der Waals surface area contributed by atoms with E-state index in [9.17, 15) is 8.76 Å². The number of likely N-dealkylation sites (tertiary alicyclic amines) is 1. The molecule has 12 nitrogen and oxygen atoms in total. The summed E-state index contributed by atoms with van der Waals surface area (Å²) in [6.07, 6.45) is 9.57. The van der Waals surface area contributed by atoms with Crippen LogP contribution in [-0.4, -0.2) is 82.4 Å². The van der Waals surface area contributed by atoms with Crippen molar-refractivity contribution in [3.05, 3.63) is 24.4 Å². The molecule has 2 aromatic heterocycles. The molecule has 0 bridgehead atoms. The van der Waals surface area contributed by atoms with Crippen molar-refractivity contribution in [2.75, 3.05) is 35.8 Å². The molecule has 5 rings (SSSR count).